The topological polar surface area (TPSA) is 105 Å². The maximum absolute atomic E-state index is 13.3. The molecule has 1 fully saturated rings. The summed E-state index contributed by atoms with van der Waals surface area (Å²) >= 11 is 0. The number of alkyl carbamates (subject to hydrolysis) is 1. The standard InChI is InChI=1S/C27H32N2O6/c1-16-13-29(14-18(16)12-24(30)31)26(32)25(17(2)34-3)28-27(33)35-15-23-21-10-6-4-8-19(21)20-9-5-7-11-22(20)23/h4-11,16-18,23,25H,12-15H2,1-3H3,(H,28,33)(H,30,31). The molecule has 2 aromatic rings. The molecule has 4 rings (SSSR count). The van der Waals surface area contributed by atoms with Crippen molar-refractivity contribution in [3.63, 3.8) is 0 Å². The van der Waals surface area contributed by atoms with Crippen molar-refractivity contribution in [2.75, 3.05) is 26.8 Å². The van der Waals surface area contributed by atoms with Crippen molar-refractivity contribution in [3.8, 4) is 11.1 Å². The molecule has 1 aliphatic carbocycles. The van der Waals surface area contributed by atoms with Crippen LogP contribution in [0.3, 0.4) is 0 Å². The number of hydrogen-bond acceptors (Lipinski definition) is 5. The molecular formula is C27H32N2O6. The number of fused-ring (bicyclic) bond motifs is 3. The van der Waals surface area contributed by atoms with E-state index < -0.39 is 24.2 Å². The van der Waals surface area contributed by atoms with Gasteiger partial charge in [0.2, 0.25) is 5.91 Å². The lowest BCUT2D eigenvalue weighted by Crippen LogP contribution is -2.54. The van der Waals surface area contributed by atoms with Crippen LogP contribution >= 0.6 is 0 Å². The van der Waals surface area contributed by atoms with E-state index in [1.54, 1.807) is 11.8 Å². The fourth-order valence-electron chi connectivity index (χ4n) is 5.18. The number of aliphatic carboxylic acids is 1. The molecule has 186 valence electrons. The Morgan fingerprint density at radius 2 is 1.66 bits per heavy atom. The maximum Gasteiger partial charge on any atom is 0.407 e. The van der Waals surface area contributed by atoms with Crippen LogP contribution in [0.15, 0.2) is 48.5 Å². The second-order valence-electron chi connectivity index (χ2n) is 9.47. The van der Waals surface area contributed by atoms with Gasteiger partial charge in [-0.1, -0.05) is 55.5 Å². The van der Waals surface area contributed by atoms with Crippen LogP contribution in [0.1, 0.15) is 37.3 Å². The molecule has 4 atom stereocenters. The van der Waals surface area contributed by atoms with Crippen LogP contribution in [0.4, 0.5) is 4.79 Å². The van der Waals surface area contributed by atoms with Gasteiger partial charge in [-0.2, -0.15) is 0 Å². The van der Waals surface area contributed by atoms with E-state index in [2.05, 4.69) is 17.4 Å². The quantitative estimate of drug-likeness (QED) is 0.599. The van der Waals surface area contributed by atoms with Crippen LogP contribution in [-0.4, -0.2) is 66.9 Å². The molecule has 1 saturated heterocycles. The Bertz CT molecular complexity index is 1060. The molecule has 2 aliphatic rings. The van der Waals surface area contributed by atoms with Gasteiger partial charge in [-0.25, -0.2) is 4.79 Å². The minimum absolute atomic E-state index is 0.00918. The van der Waals surface area contributed by atoms with E-state index in [1.807, 2.05) is 43.3 Å². The lowest BCUT2D eigenvalue weighted by molar-refractivity contribution is -0.139. The number of carboxylic acids is 1. The van der Waals surface area contributed by atoms with Gasteiger partial charge in [0.25, 0.3) is 0 Å². The summed E-state index contributed by atoms with van der Waals surface area (Å²) in [5, 5.41) is 11.8. The van der Waals surface area contributed by atoms with Crippen LogP contribution in [0.5, 0.6) is 0 Å². The zero-order valence-electron chi connectivity index (χ0n) is 20.3. The molecule has 0 saturated carbocycles. The molecule has 35 heavy (non-hydrogen) atoms. The minimum atomic E-state index is -0.938. The van der Waals surface area contributed by atoms with E-state index in [-0.39, 0.29) is 36.7 Å². The fraction of sp³-hybridized carbons (Fsp3) is 0.444. The molecule has 8 nitrogen and oxygen atoms in total. The van der Waals surface area contributed by atoms with E-state index >= 15 is 0 Å². The second-order valence-corrected chi connectivity index (χ2v) is 9.47. The number of methoxy groups -OCH3 is 1. The van der Waals surface area contributed by atoms with E-state index in [1.165, 1.54) is 7.11 Å². The summed E-state index contributed by atoms with van der Waals surface area (Å²) in [4.78, 5) is 38.8. The summed E-state index contributed by atoms with van der Waals surface area (Å²) in [5.74, 6) is -1.33. The average Bonchev–Trinajstić information content (AvgIpc) is 3.37. The second kappa shape index (κ2) is 10.5. The SMILES string of the molecule is COC(C)C(NC(=O)OCC1c2ccccc2-c2ccccc21)C(=O)N1CC(C)C(CC(=O)O)C1. The molecule has 2 aromatic carbocycles. The lowest BCUT2D eigenvalue weighted by Gasteiger charge is -2.28. The van der Waals surface area contributed by atoms with E-state index in [0.717, 1.165) is 22.3 Å². The van der Waals surface area contributed by atoms with Gasteiger partial charge in [-0.15, -0.1) is 0 Å². The first-order valence-electron chi connectivity index (χ1n) is 11.9. The first-order chi connectivity index (χ1) is 16.8. The Morgan fingerprint density at radius 1 is 1.06 bits per heavy atom. The van der Waals surface area contributed by atoms with Crippen molar-refractivity contribution in [1.82, 2.24) is 10.2 Å². The van der Waals surface area contributed by atoms with Crippen molar-refractivity contribution in [2.24, 2.45) is 11.8 Å². The van der Waals surface area contributed by atoms with Crippen molar-refractivity contribution in [3.05, 3.63) is 59.7 Å². The van der Waals surface area contributed by atoms with Crippen molar-refractivity contribution in [2.45, 2.75) is 38.3 Å². The fourth-order valence-corrected chi connectivity index (χ4v) is 5.18. The number of amides is 2. The van der Waals surface area contributed by atoms with Gasteiger partial charge in [0.15, 0.2) is 0 Å². The number of carboxylic acid groups (broad SMARTS) is 1. The van der Waals surface area contributed by atoms with E-state index in [9.17, 15) is 14.4 Å². The van der Waals surface area contributed by atoms with Crippen LogP contribution in [-0.2, 0) is 19.1 Å². The molecule has 0 radical (unpaired) electrons. The number of likely N-dealkylation sites (tertiary alicyclic amines) is 1. The highest BCUT2D eigenvalue weighted by Gasteiger charge is 2.39. The molecule has 8 heteroatoms. The number of benzene rings is 2. The minimum Gasteiger partial charge on any atom is -0.481 e. The van der Waals surface area contributed by atoms with Crippen LogP contribution in [0.25, 0.3) is 11.1 Å². The number of rotatable bonds is 8. The van der Waals surface area contributed by atoms with Crippen LogP contribution in [0, 0.1) is 11.8 Å². The monoisotopic (exact) mass is 480 g/mol. The van der Waals surface area contributed by atoms with Gasteiger partial charge < -0.3 is 24.8 Å². The van der Waals surface area contributed by atoms with Crippen molar-refractivity contribution < 1.29 is 29.0 Å². The summed E-state index contributed by atoms with van der Waals surface area (Å²) in [6, 6.07) is 15.2. The molecule has 0 spiro atoms. The number of hydrogen-bond donors (Lipinski definition) is 2. The highest BCUT2D eigenvalue weighted by Crippen LogP contribution is 2.44. The van der Waals surface area contributed by atoms with Gasteiger partial charge in [0.05, 0.1) is 12.5 Å². The number of nitrogens with one attached hydrogen (secondary N) is 1. The first-order valence-corrected chi connectivity index (χ1v) is 11.9. The third-order valence-corrected chi connectivity index (χ3v) is 7.24. The van der Waals surface area contributed by atoms with Crippen LogP contribution in [0.2, 0.25) is 0 Å². The van der Waals surface area contributed by atoms with Crippen molar-refractivity contribution >= 4 is 18.0 Å². The third-order valence-electron chi connectivity index (χ3n) is 7.24. The zero-order valence-corrected chi connectivity index (χ0v) is 20.3. The summed E-state index contributed by atoms with van der Waals surface area (Å²) in [7, 11) is 1.48. The molecule has 2 amide bonds. The van der Waals surface area contributed by atoms with Gasteiger partial charge in [-0.3, -0.25) is 9.59 Å². The molecule has 4 unspecified atom stereocenters. The predicted molar refractivity (Wildman–Crippen MR) is 130 cm³/mol. The Morgan fingerprint density at radius 3 is 2.23 bits per heavy atom. The molecule has 0 aromatic heterocycles. The molecular weight excluding hydrogens is 448 g/mol. The highest BCUT2D eigenvalue weighted by molar-refractivity contribution is 5.87. The van der Waals surface area contributed by atoms with E-state index in [4.69, 9.17) is 14.6 Å². The first kappa shape index (κ1) is 24.7. The third kappa shape index (κ3) is 5.17. The zero-order chi connectivity index (χ0) is 25.1. The van der Waals surface area contributed by atoms with E-state index in [0.29, 0.717) is 13.1 Å². The molecule has 1 heterocycles. The number of carbonyl (C=O) groups is 3. The smallest absolute Gasteiger partial charge is 0.407 e. The number of ether oxygens (including phenoxy) is 2. The normalized spacial score (nSPS) is 20.6. The summed E-state index contributed by atoms with van der Waals surface area (Å²) in [6.45, 7) is 4.57. The molecule has 2 N–H and O–H groups in total. The predicted octanol–water partition coefficient (Wildman–Crippen LogP) is 3.50. The van der Waals surface area contributed by atoms with Gasteiger partial charge in [0.1, 0.15) is 12.6 Å². The van der Waals surface area contributed by atoms with Gasteiger partial charge in [0, 0.05) is 26.1 Å². The molecule has 0 bridgehead atoms. The lowest BCUT2D eigenvalue weighted by atomic mass is 9.95. The largest absolute Gasteiger partial charge is 0.481 e. The maximum atomic E-state index is 13.3. The Balaban J connectivity index is 1.42. The molecule has 1 aliphatic heterocycles. The average molecular weight is 481 g/mol. The van der Waals surface area contributed by atoms with Gasteiger partial charge in [-0.05, 0) is 41.0 Å². The number of nitrogens with zero attached hydrogens (tertiary/aromatic N) is 1. The van der Waals surface area contributed by atoms with Crippen molar-refractivity contribution in [1.29, 1.82) is 0 Å². The Hall–Kier alpha value is -3.39. The number of carbonyl (C=O) groups excluding carboxylic acids is 2. The van der Waals surface area contributed by atoms with Gasteiger partial charge >= 0.3 is 12.1 Å². The summed E-state index contributed by atoms with van der Waals surface area (Å²) in [6.07, 6.45) is -1.27. The summed E-state index contributed by atoms with van der Waals surface area (Å²) in [5.41, 5.74) is 4.49. The Kier molecular flexibility index (Phi) is 7.40. The summed E-state index contributed by atoms with van der Waals surface area (Å²) < 4.78 is 11.0. The highest BCUT2D eigenvalue weighted by atomic mass is 16.5. The Labute approximate surface area is 205 Å². The van der Waals surface area contributed by atoms with Crippen LogP contribution < -0.4 is 5.32 Å².